The molecule has 0 spiro atoms. The molecule has 0 N–H and O–H groups in total. The zero-order valence-electron chi connectivity index (χ0n) is 3.64. The minimum Gasteiger partial charge on any atom is -0.341 e. The van der Waals surface area contributed by atoms with Crippen LogP contribution in [0.4, 0.5) is 0 Å². The first-order valence-electron chi connectivity index (χ1n) is 1.39. The fourth-order valence-electron chi connectivity index (χ4n) is 0. The second-order valence-corrected chi connectivity index (χ2v) is 7.41. The van der Waals surface area contributed by atoms with E-state index in [9.17, 15) is 0 Å². The van der Waals surface area contributed by atoms with Crippen LogP contribution in [0.15, 0.2) is 0 Å². The number of hydrogen-bond acceptors (Lipinski definition) is 2. The first-order valence-corrected chi connectivity index (χ1v) is 5.46. The van der Waals surface area contributed by atoms with E-state index >= 15 is 0 Å². The van der Waals surface area contributed by atoms with Gasteiger partial charge in [0.25, 0.3) is 0 Å². The highest BCUT2D eigenvalue weighted by molar-refractivity contribution is 8.24. The number of rotatable bonds is 1. The predicted octanol–water partition coefficient (Wildman–Crippen LogP) is 1.81. The van der Waals surface area contributed by atoms with Crippen molar-refractivity contribution in [1.29, 1.82) is 0 Å². The molecule has 6 heavy (non-hydrogen) atoms. The van der Waals surface area contributed by atoms with Crippen molar-refractivity contribution in [2.24, 2.45) is 0 Å². The Labute approximate surface area is 47.5 Å². The van der Waals surface area contributed by atoms with E-state index in [4.69, 9.17) is 11.2 Å². The largest absolute Gasteiger partial charge is 0.341 e. The monoisotopic (exact) mass is 144 g/mol. The topological polar surface area (TPSA) is 9.23 Å². The second-order valence-electron chi connectivity index (χ2n) is 0.929. The molecule has 0 aliphatic rings. The Morgan fingerprint density at radius 2 is 2.00 bits per heavy atom. The van der Waals surface area contributed by atoms with Gasteiger partial charge in [0.05, 0.1) is 0 Å². The molecule has 0 rings (SSSR count). The van der Waals surface area contributed by atoms with Gasteiger partial charge in [-0.2, -0.15) is 0 Å². The number of hydrogen-bond donors (Lipinski definition) is 0. The van der Waals surface area contributed by atoms with Gasteiger partial charge >= 0.3 is 0 Å². The molecule has 0 aliphatic heterocycles. The smallest absolute Gasteiger partial charge is 0.148 e. The van der Waals surface area contributed by atoms with Gasteiger partial charge in [-0.25, -0.2) is 0 Å². The predicted molar refractivity (Wildman–Crippen MR) is 33.1 cm³/mol. The Balaban J connectivity index is 3.48. The van der Waals surface area contributed by atoms with Crippen LogP contribution in [0.5, 0.6) is 0 Å². The maximum Gasteiger partial charge on any atom is 0.148 e. The van der Waals surface area contributed by atoms with Crippen LogP contribution in [-0.4, -0.2) is 13.8 Å². The maximum absolute atomic E-state index is 5.42. The van der Waals surface area contributed by atoms with Crippen molar-refractivity contribution in [2.45, 2.75) is 0 Å². The first kappa shape index (κ1) is 6.90. The summed E-state index contributed by atoms with van der Waals surface area (Å²) in [5.74, 6) is 0. The summed E-state index contributed by atoms with van der Waals surface area (Å²) in [6.07, 6.45) is 0. The Hall–Kier alpha value is 0.900. The second kappa shape index (κ2) is 2.27. The Kier molecular flexibility index (Phi) is 2.61. The van der Waals surface area contributed by atoms with Crippen molar-refractivity contribution in [3.8, 4) is 0 Å². The quantitative estimate of drug-likeness (QED) is 0.519. The molecule has 0 bridgehead atoms. The summed E-state index contributed by atoms with van der Waals surface area (Å²) in [4.78, 5) is 0. The molecule has 0 radical (unpaired) electrons. The van der Waals surface area contributed by atoms with Gasteiger partial charge in [-0.3, -0.25) is 0 Å². The first-order chi connectivity index (χ1) is 2.56. The number of halogens is 1. The molecule has 4 heteroatoms. The zero-order chi connectivity index (χ0) is 5.21. The molecule has 0 saturated carbocycles. The molecule has 1 unspecified atom stereocenters. The van der Waals surface area contributed by atoms with Crippen molar-refractivity contribution >= 4 is 28.7 Å². The highest BCUT2D eigenvalue weighted by atomic mass is 35.7. The van der Waals surface area contributed by atoms with E-state index in [1.54, 1.807) is 6.66 Å². The molecule has 0 heterocycles. The van der Waals surface area contributed by atoms with Gasteiger partial charge in [0.1, 0.15) is 5.62 Å². The van der Waals surface area contributed by atoms with Crippen molar-refractivity contribution in [2.75, 3.05) is 13.8 Å². The van der Waals surface area contributed by atoms with Gasteiger partial charge < -0.3 is 4.52 Å². The molecule has 0 fully saturated rings. The molecule has 1 atom stereocenters. The highest BCUT2D eigenvalue weighted by Gasteiger charge is 1.96. The lowest BCUT2D eigenvalue weighted by Crippen LogP contribution is -1.66. The average Bonchev–Trinajstić information content (AvgIpc) is 1.35. The van der Waals surface area contributed by atoms with Gasteiger partial charge in [0.15, 0.2) is 0 Å². The summed E-state index contributed by atoms with van der Waals surface area (Å²) in [5, 5.41) is 0. The van der Waals surface area contributed by atoms with Gasteiger partial charge in [-0.1, -0.05) is 23.0 Å². The molecule has 0 amide bonds. The summed E-state index contributed by atoms with van der Waals surface area (Å²) in [6.45, 7) is 1.71. The van der Waals surface area contributed by atoms with Crippen LogP contribution in [0.2, 0.25) is 0 Å². The van der Waals surface area contributed by atoms with Crippen LogP contribution in [0, 0.1) is 0 Å². The molecule has 38 valence electrons. The third kappa shape index (κ3) is 4.90. The van der Waals surface area contributed by atoms with Crippen LogP contribution >= 0.6 is 16.9 Å². The Morgan fingerprint density at radius 1 is 1.83 bits per heavy atom. The van der Waals surface area contributed by atoms with E-state index in [1.807, 2.05) is 0 Å². The highest BCUT2D eigenvalue weighted by Crippen LogP contribution is 2.47. The van der Waals surface area contributed by atoms with Crippen LogP contribution in [-0.2, 0) is 16.3 Å². The summed E-state index contributed by atoms with van der Waals surface area (Å²) < 4.78 is 4.63. The van der Waals surface area contributed by atoms with Gasteiger partial charge in [0.2, 0.25) is 0 Å². The van der Waals surface area contributed by atoms with Crippen LogP contribution < -0.4 is 0 Å². The Morgan fingerprint density at radius 3 is 2.00 bits per heavy atom. The molecule has 0 aromatic rings. The van der Waals surface area contributed by atoms with E-state index in [-0.39, 0.29) is 0 Å². The van der Waals surface area contributed by atoms with E-state index < -0.39 is 5.62 Å². The van der Waals surface area contributed by atoms with Crippen LogP contribution in [0.25, 0.3) is 0 Å². The van der Waals surface area contributed by atoms with E-state index in [0.29, 0.717) is 0 Å². The average molecular weight is 145 g/mol. The summed E-state index contributed by atoms with van der Waals surface area (Å²) in [7, 11) is 1.52. The van der Waals surface area contributed by atoms with E-state index in [0.717, 1.165) is 0 Å². The van der Waals surface area contributed by atoms with E-state index in [1.165, 1.54) is 7.11 Å². The zero-order valence-corrected chi connectivity index (χ0v) is 6.11. The van der Waals surface area contributed by atoms with Gasteiger partial charge in [-0.15, -0.1) is 0 Å². The van der Waals surface area contributed by atoms with Crippen molar-refractivity contribution in [3.63, 3.8) is 0 Å². The Bertz CT molecular complexity index is 77.6. The third-order valence-corrected chi connectivity index (χ3v) is 1.84. The minimum absolute atomic E-state index is 1.52. The summed E-state index contributed by atoms with van der Waals surface area (Å²) >= 11 is 10.1. The SMILES string of the molecule is COP(C)(=S)Cl. The standard InChI is InChI=1S/C2H6ClOPS/c1-4-5(2,3)6/h1-2H3. The molecule has 0 aliphatic carbocycles. The maximum atomic E-state index is 5.42. The third-order valence-electron chi connectivity index (χ3n) is 0.326. The normalized spacial score (nSPS) is 19.8. The summed E-state index contributed by atoms with van der Waals surface area (Å²) in [5.41, 5.74) is -1.84. The lowest BCUT2D eigenvalue weighted by atomic mass is 11.8. The molecular formula is C2H6ClOPS. The lowest BCUT2D eigenvalue weighted by molar-refractivity contribution is 0.473. The molecule has 0 saturated heterocycles. The van der Waals surface area contributed by atoms with Crippen LogP contribution in [0.3, 0.4) is 0 Å². The van der Waals surface area contributed by atoms with E-state index in [2.05, 4.69) is 16.3 Å². The van der Waals surface area contributed by atoms with Gasteiger partial charge in [-0.05, 0) is 0 Å². The van der Waals surface area contributed by atoms with Crippen LogP contribution in [0.1, 0.15) is 0 Å². The van der Waals surface area contributed by atoms with Crippen molar-refractivity contribution in [3.05, 3.63) is 0 Å². The molecule has 0 aromatic heterocycles. The van der Waals surface area contributed by atoms with Gasteiger partial charge in [0, 0.05) is 13.8 Å². The lowest BCUT2D eigenvalue weighted by Gasteiger charge is -1.99. The minimum atomic E-state index is -1.84. The fourth-order valence-corrected chi connectivity index (χ4v) is 0. The molecule has 1 nitrogen and oxygen atoms in total. The van der Waals surface area contributed by atoms with Crippen molar-refractivity contribution in [1.82, 2.24) is 0 Å². The fraction of sp³-hybridized carbons (Fsp3) is 1.00. The molecule has 0 aromatic carbocycles. The van der Waals surface area contributed by atoms with Crippen molar-refractivity contribution < 1.29 is 4.52 Å². The summed E-state index contributed by atoms with van der Waals surface area (Å²) in [6, 6.07) is 0. The molecular weight excluding hydrogens is 139 g/mol.